The number of amides is 1. The molecule has 0 N–H and O–H groups in total. The Balaban J connectivity index is 1.26. The van der Waals surface area contributed by atoms with Gasteiger partial charge in [0.2, 0.25) is 5.91 Å². The molecule has 2 aromatic heterocycles. The number of carbonyl (C=O) groups is 1. The SMILES string of the molecule is COc1ccc(/C=C/C(=O)N2CCN(c3ncnc4c3c(-c3ccccc3)cn4-c3ccc(F)cc3)CC2)cc1OC. The minimum absolute atomic E-state index is 0.0512. The van der Waals surface area contributed by atoms with Crippen LogP contribution in [0.1, 0.15) is 5.56 Å². The van der Waals surface area contributed by atoms with Crippen LogP contribution in [-0.4, -0.2) is 65.7 Å². The molecule has 0 atom stereocenters. The molecule has 8 nitrogen and oxygen atoms in total. The fourth-order valence-corrected chi connectivity index (χ4v) is 5.29. The molecule has 5 aromatic rings. The van der Waals surface area contributed by atoms with Crippen LogP contribution in [-0.2, 0) is 4.79 Å². The quantitative estimate of drug-likeness (QED) is 0.240. The minimum atomic E-state index is -0.292. The summed E-state index contributed by atoms with van der Waals surface area (Å²) in [6, 6.07) is 22.0. The number of halogens is 1. The molecule has 3 aromatic carbocycles. The Labute approximate surface area is 243 Å². The van der Waals surface area contributed by atoms with Gasteiger partial charge >= 0.3 is 0 Å². The number of fused-ring (bicyclic) bond motifs is 1. The number of aromatic nitrogens is 3. The maximum absolute atomic E-state index is 13.7. The first-order chi connectivity index (χ1) is 20.6. The van der Waals surface area contributed by atoms with E-state index in [0.29, 0.717) is 37.7 Å². The van der Waals surface area contributed by atoms with Crippen molar-refractivity contribution >= 4 is 28.8 Å². The number of ether oxygens (including phenoxy) is 2. The highest BCUT2D eigenvalue weighted by Gasteiger charge is 2.25. The van der Waals surface area contributed by atoms with Gasteiger partial charge in [-0.2, -0.15) is 0 Å². The number of rotatable bonds is 7. The van der Waals surface area contributed by atoms with Crippen molar-refractivity contribution in [3.63, 3.8) is 0 Å². The number of benzene rings is 3. The van der Waals surface area contributed by atoms with Crippen molar-refractivity contribution in [2.45, 2.75) is 0 Å². The fraction of sp³-hybridized carbons (Fsp3) is 0.182. The molecular weight excluding hydrogens is 533 g/mol. The molecule has 0 spiro atoms. The van der Waals surface area contributed by atoms with Gasteiger partial charge in [0, 0.05) is 49.7 Å². The van der Waals surface area contributed by atoms with Crippen molar-refractivity contribution in [2.24, 2.45) is 0 Å². The molecule has 42 heavy (non-hydrogen) atoms. The molecule has 212 valence electrons. The van der Waals surface area contributed by atoms with Gasteiger partial charge in [-0.15, -0.1) is 0 Å². The highest BCUT2D eigenvalue weighted by Crippen LogP contribution is 2.37. The second-order valence-electron chi connectivity index (χ2n) is 9.91. The van der Waals surface area contributed by atoms with E-state index in [1.807, 2.05) is 52.1 Å². The minimum Gasteiger partial charge on any atom is -0.493 e. The molecule has 1 fully saturated rings. The predicted molar refractivity (Wildman–Crippen MR) is 162 cm³/mol. The number of carbonyl (C=O) groups excluding carboxylic acids is 1. The summed E-state index contributed by atoms with van der Waals surface area (Å²) >= 11 is 0. The first kappa shape index (κ1) is 27.0. The standard InChI is InChI=1S/C33H30FN5O3/c1-41-28-14-8-23(20-29(28)42-2)9-15-30(40)37-16-18-38(19-17-37)32-31-27(24-6-4-3-5-7-24)21-39(33(31)36-22-35-32)26-12-10-25(34)11-13-26/h3-15,20-22H,16-19H2,1-2H3/b15-9+. The average molecular weight is 564 g/mol. The first-order valence-electron chi connectivity index (χ1n) is 13.7. The lowest BCUT2D eigenvalue weighted by atomic mass is 10.1. The summed E-state index contributed by atoms with van der Waals surface area (Å²) in [4.78, 5) is 26.4. The molecule has 6 rings (SSSR count). The van der Waals surface area contributed by atoms with Crippen LogP contribution in [0.15, 0.2) is 91.4 Å². The molecule has 1 amide bonds. The molecule has 1 saturated heterocycles. The number of piperazine rings is 1. The van der Waals surface area contributed by atoms with Crippen LogP contribution in [0, 0.1) is 5.82 Å². The van der Waals surface area contributed by atoms with E-state index in [4.69, 9.17) is 14.5 Å². The van der Waals surface area contributed by atoms with Crippen LogP contribution in [0.3, 0.4) is 0 Å². The van der Waals surface area contributed by atoms with Gasteiger partial charge in [0.05, 0.1) is 19.6 Å². The van der Waals surface area contributed by atoms with Crippen LogP contribution in [0.25, 0.3) is 33.9 Å². The summed E-state index contributed by atoms with van der Waals surface area (Å²) in [5, 5.41) is 0.918. The van der Waals surface area contributed by atoms with Gasteiger partial charge in [-0.05, 0) is 53.6 Å². The van der Waals surface area contributed by atoms with Gasteiger partial charge in [0.15, 0.2) is 17.1 Å². The molecule has 0 saturated carbocycles. The highest BCUT2D eigenvalue weighted by molar-refractivity contribution is 6.02. The highest BCUT2D eigenvalue weighted by atomic mass is 19.1. The summed E-state index contributed by atoms with van der Waals surface area (Å²) in [7, 11) is 3.18. The second-order valence-corrected chi connectivity index (χ2v) is 9.91. The van der Waals surface area contributed by atoms with E-state index in [2.05, 4.69) is 22.0 Å². The molecule has 0 bridgehead atoms. The summed E-state index contributed by atoms with van der Waals surface area (Å²) < 4.78 is 26.3. The van der Waals surface area contributed by atoms with Crippen molar-refractivity contribution in [2.75, 3.05) is 45.3 Å². The maximum atomic E-state index is 13.7. The number of nitrogens with zero attached hydrogens (tertiary/aromatic N) is 5. The third kappa shape index (κ3) is 5.28. The molecule has 0 aliphatic carbocycles. The van der Waals surface area contributed by atoms with Crippen molar-refractivity contribution in [3.05, 3.63) is 103 Å². The molecule has 1 aliphatic heterocycles. The number of anilines is 1. The maximum Gasteiger partial charge on any atom is 0.246 e. The van der Waals surface area contributed by atoms with Gasteiger partial charge in [-0.3, -0.25) is 4.79 Å². The molecule has 1 aliphatic rings. The second kappa shape index (κ2) is 11.7. The monoisotopic (exact) mass is 563 g/mol. The van der Waals surface area contributed by atoms with E-state index in [1.165, 1.54) is 12.1 Å². The largest absolute Gasteiger partial charge is 0.493 e. The fourth-order valence-electron chi connectivity index (χ4n) is 5.29. The van der Waals surface area contributed by atoms with Crippen LogP contribution in [0.5, 0.6) is 11.5 Å². The molecule has 0 radical (unpaired) electrons. The average Bonchev–Trinajstić information content (AvgIpc) is 3.44. The topological polar surface area (TPSA) is 72.7 Å². The van der Waals surface area contributed by atoms with Crippen LogP contribution in [0.4, 0.5) is 10.2 Å². The normalized spacial score (nSPS) is 13.6. The van der Waals surface area contributed by atoms with Crippen molar-refractivity contribution in [1.29, 1.82) is 0 Å². The molecule has 9 heteroatoms. The van der Waals surface area contributed by atoms with Crippen LogP contribution >= 0.6 is 0 Å². The first-order valence-corrected chi connectivity index (χ1v) is 13.7. The van der Waals surface area contributed by atoms with Crippen molar-refractivity contribution in [3.8, 4) is 28.3 Å². The number of hydrogen-bond donors (Lipinski definition) is 0. The smallest absolute Gasteiger partial charge is 0.246 e. The summed E-state index contributed by atoms with van der Waals surface area (Å²) in [6.07, 6.45) is 6.98. The van der Waals surface area contributed by atoms with Crippen LogP contribution < -0.4 is 14.4 Å². The lowest BCUT2D eigenvalue weighted by molar-refractivity contribution is -0.126. The Morgan fingerprint density at radius 1 is 0.881 bits per heavy atom. The van der Waals surface area contributed by atoms with Gasteiger partial charge in [0.25, 0.3) is 0 Å². The Bertz CT molecular complexity index is 1740. The third-order valence-corrected chi connectivity index (χ3v) is 7.47. The zero-order valence-electron chi connectivity index (χ0n) is 23.4. The van der Waals surface area contributed by atoms with Gasteiger partial charge in [0.1, 0.15) is 18.0 Å². The lowest BCUT2D eigenvalue weighted by Gasteiger charge is -2.35. The molecular formula is C33H30FN5O3. The zero-order valence-corrected chi connectivity index (χ0v) is 23.4. The van der Waals surface area contributed by atoms with Crippen molar-refractivity contribution < 1.29 is 18.7 Å². The Kier molecular flexibility index (Phi) is 7.55. The predicted octanol–water partition coefficient (Wildman–Crippen LogP) is 5.61. The Morgan fingerprint density at radius 2 is 1.62 bits per heavy atom. The Morgan fingerprint density at radius 3 is 2.33 bits per heavy atom. The summed E-state index contributed by atoms with van der Waals surface area (Å²) in [6.45, 7) is 2.36. The number of methoxy groups -OCH3 is 2. The molecule has 0 unspecified atom stereocenters. The van der Waals surface area contributed by atoms with Crippen LogP contribution in [0.2, 0.25) is 0 Å². The summed E-state index contributed by atoms with van der Waals surface area (Å²) in [5.74, 6) is 1.72. The van der Waals surface area contributed by atoms with E-state index in [-0.39, 0.29) is 11.7 Å². The van der Waals surface area contributed by atoms with Crippen molar-refractivity contribution in [1.82, 2.24) is 19.4 Å². The van der Waals surface area contributed by atoms with Gasteiger partial charge in [-0.25, -0.2) is 14.4 Å². The third-order valence-electron chi connectivity index (χ3n) is 7.47. The van der Waals surface area contributed by atoms with E-state index in [9.17, 15) is 9.18 Å². The van der Waals surface area contributed by atoms with Gasteiger partial charge in [-0.1, -0.05) is 36.4 Å². The molecule has 3 heterocycles. The van der Waals surface area contributed by atoms with E-state index < -0.39 is 0 Å². The zero-order chi connectivity index (χ0) is 29.1. The van der Waals surface area contributed by atoms with E-state index in [0.717, 1.165) is 39.2 Å². The number of hydrogen-bond acceptors (Lipinski definition) is 6. The summed E-state index contributed by atoms with van der Waals surface area (Å²) in [5.41, 5.74) is 4.42. The van der Waals surface area contributed by atoms with Gasteiger partial charge < -0.3 is 23.8 Å². The van der Waals surface area contributed by atoms with E-state index >= 15 is 0 Å². The lowest BCUT2D eigenvalue weighted by Crippen LogP contribution is -2.48. The van der Waals surface area contributed by atoms with E-state index in [1.54, 1.807) is 44.8 Å². The Hall–Kier alpha value is -5.18.